The van der Waals surface area contributed by atoms with E-state index in [2.05, 4.69) is 24.1 Å². The lowest BCUT2D eigenvalue weighted by Gasteiger charge is -2.21. The number of rotatable bonds is 4. The molecule has 2 rings (SSSR count). The smallest absolute Gasteiger partial charge is 0.408 e. The van der Waals surface area contributed by atoms with Gasteiger partial charge in [0.25, 0.3) is 0 Å². The molecule has 1 aromatic carbocycles. The van der Waals surface area contributed by atoms with E-state index < -0.39 is 5.76 Å². The lowest BCUT2D eigenvalue weighted by molar-refractivity contribution is 0.531. The summed E-state index contributed by atoms with van der Waals surface area (Å²) in [6.45, 7) is 4.78. The van der Waals surface area contributed by atoms with Crippen LogP contribution in [0, 0.1) is 5.92 Å². The molecule has 5 nitrogen and oxygen atoms in total. The molecule has 0 saturated carbocycles. The Morgan fingerprint density at radius 1 is 1.47 bits per heavy atom. The van der Waals surface area contributed by atoms with Crippen molar-refractivity contribution < 1.29 is 4.42 Å². The molecule has 0 aliphatic carbocycles. The Kier molecular flexibility index (Phi) is 3.19. The maximum absolute atomic E-state index is 11.0. The van der Waals surface area contributed by atoms with Crippen molar-refractivity contribution in [1.29, 1.82) is 0 Å². The first-order valence-corrected chi connectivity index (χ1v) is 5.69. The van der Waals surface area contributed by atoms with Gasteiger partial charge in [0.2, 0.25) is 0 Å². The molecule has 0 fully saturated rings. The van der Waals surface area contributed by atoms with Gasteiger partial charge < -0.3 is 15.5 Å². The van der Waals surface area contributed by atoms with Crippen molar-refractivity contribution in [3.8, 4) is 0 Å². The van der Waals surface area contributed by atoms with Crippen LogP contribution in [0.25, 0.3) is 11.1 Å². The number of nitrogens with two attached hydrogens (primary N) is 1. The Bertz CT molecular complexity index is 556. The molecule has 1 aromatic heterocycles. The van der Waals surface area contributed by atoms with Gasteiger partial charge in [0.15, 0.2) is 5.58 Å². The van der Waals surface area contributed by atoms with Crippen LogP contribution in [0.3, 0.4) is 0 Å². The molecular weight excluding hydrogens is 218 g/mol. The lowest BCUT2D eigenvalue weighted by Crippen LogP contribution is -2.33. The Morgan fingerprint density at radius 2 is 2.24 bits per heavy atom. The van der Waals surface area contributed by atoms with E-state index in [4.69, 9.17) is 10.2 Å². The summed E-state index contributed by atoms with van der Waals surface area (Å²) in [5, 5.41) is 3.33. The summed E-state index contributed by atoms with van der Waals surface area (Å²) in [6.07, 6.45) is 0. The highest BCUT2D eigenvalue weighted by Crippen LogP contribution is 2.18. The van der Waals surface area contributed by atoms with Gasteiger partial charge in [-0.1, -0.05) is 13.8 Å². The molecule has 0 bridgehead atoms. The summed E-state index contributed by atoms with van der Waals surface area (Å²) < 4.78 is 5.00. The van der Waals surface area contributed by atoms with Crippen molar-refractivity contribution in [2.75, 3.05) is 11.9 Å². The van der Waals surface area contributed by atoms with E-state index in [1.54, 1.807) is 6.07 Å². The highest BCUT2D eigenvalue weighted by molar-refractivity contribution is 5.76. The third-order valence-electron chi connectivity index (χ3n) is 2.83. The number of benzene rings is 1. The lowest BCUT2D eigenvalue weighted by atomic mass is 10.0. The Hall–Kier alpha value is -1.75. The molecule has 1 unspecified atom stereocenters. The van der Waals surface area contributed by atoms with E-state index in [0.29, 0.717) is 23.6 Å². The average Bonchev–Trinajstić information content (AvgIpc) is 2.64. The second kappa shape index (κ2) is 4.63. The van der Waals surface area contributed by atoms with Gasteiger partial charge in [0.05, 0.1) is 5.52 Å². The standard InChI is InChI=1S/C12H17N3O2/c1-7(2)10(6-13)14-8-3-4-9-11(5-8)17-12(16)15-9/h3-5,7,10,14H,6,13H2,1-2H3,(H,15,16). The molecule has 0 saturated heterocycles. The zero-order valence-corrected chi connectivity index (χ0v) is 9.99. The molecule has 0 aliphatic heterocycles. The summed E-state index contributed by atoms with van der Waals surface area (Å²) in [4.78, 5) is 13.6. The van der Waals surface area contributed by atoms with Crippen molar-refractivity contribution in [3.63, 3.8) is 0 Å². The van der Waals surface area contributed by atoms with Gasteiger partial charge >= 0.3 is 5.76 Å². The molecule has 1 heterocycles. The fraction of sp³-hybridized carbons (Fsp3) is 0.417. The highest BCUT2D eigenvalue weighted by Gasteiger charge is 2.11. The van der Waals surface area contributed by atoms with Gasteiger partial charge in [0.1, 0.15) is 0 Å². The van der Waals surface area contributed by atoms with E-state index in [0.717, 1.165) is 5.69 Å². The summed E-state index contributed by atoms with van der Waals surface area (Å²) in [7, 11) is 0. The highest BCUT2D eigenvalue weighted by atomic mass is 16.4. The van der Waals surface area contributed by atoms with Gasteiger partial charge in [-0.3, -0.25) is 4.98 Å². The number of H-pyrrole nitrogens is 1. The number of oxazole rings is 1. The van der Waals surface area contributed by atoms with Crippen LogP contribution < -0.4 is 16.8 Å². The molecule has 0 radical (unpaired) electrons. The third-order valence-corrected chi connectivity index (χ3v) is 2.83. The van der Waals surface area contributed by atoms with Crippen molar-refractivity contribution in [1.82, 2.24) is 4.98 Å². The summed E-state index contributed by atoms with van der Waals surface area (Å²) >= 11 is 0. The molecule has 2 aromatic rings. The van der Waals surface area contributed by atoms with Crippen LogP contribution in [0.2, 0.25) is 0 Å². The summed E-state index contributed by atoms with van der Waals surface area (Å²) in [5.41, 5.74) is 7.86. The van der Waals surface area contributed by atoms with Gasteiger partial charge in [-0.25, -0.2) is 4.79 Å². The van der Waals surface area contributed by atoms with E-state index in [-0.39, 0.29) is 6.04 Å². The first-order chi connectivity index (χ1) is 8.10. The molecule has 17 heavy (non-hydrogen) atoms. The second-order valence-corrected chi connectivity index (χ2v) is 4.46. The molecule has 5 heteroatoms. The van der Waals surface area contributed by atoms with Crippen LogP contribution >= 0.6 is 0 Å². The number of fused-ring (bicyclic) bond motifs is 1. The number of aromatic amines is 1. The van der Waals surface area contributed by atoms with Crippen LogP contribution in [-0.4, -0.2) is 17.6 Å². The summed E-state index contributed by atoms with van der Waals surface area (Å²) in [5.74, 6) is 0.00492. The fourth-order valence-electron chi connectivity index (χ4n) is 1.75. The van der Waals surface area contributed by atoms with Gasteiger partial charge in [-0.05, 0) is 18.1 Å². The van der Waals surface area contributed by atoms with Crippen molar-refractivity contribution in [2.45, 2.75) is 19.9 Å². The van der Waals surface area contributed by atoms with Gasteiger partial charge in [-0.2, -0.15) is 0 Å². The predicted octanol–water partition coefficient (Wildman–Crippen LogP) is 1.52. The topological polar surface area (TPSA) is 84.0 Å². The predicted molar refractivity (Wildman–Crippen MR) is 68.1 cm³/mol. The Labute approximate surface area is 99.0 Å². The SMILES string of the molecule is CC(C)C(CN)Nc1ccc2[nH]c(=O)oc2c1. The minimum atomic E-state index is -0.434. The third kappa shape index (κ3) is 2.50. The Morgan fingerprint density at radius 3 is 2.88 bits per heavy atom. The molecule has 92 valence electrons. The van der Waals surface area contributed by atoms with Crippen molar-refractivity contribution in [3.05, 3.63) is 28.7 Å². The van der Waals surface area contributed by atoms with Crippen LogP contribution in [0.5, 0.6) is 0 Å². The number of hydrogen-bond acceptors (Lipinski definition) is 4. The maximum Gasteiger partial charge on any atom is 0.417 e. The van der Waals surface area contributed by atoms with E-state index in [1.165, 1.54) is 0 Å². The van der Waals surface area contributed by atoms with Crippen LogP contribution in [0.15, 0.2) is 27.4 Å². The zero-order chi connectivity index (χ0) is 12.4. The zero-order valence-electron chi connectivity index (χ0n) is 9.99. The molecule has 0 amide bonds. The number of nitrogens with one attached hydrogen (secondary N) is 2. The minimum Gasteiger partial charge on any atom is -0.408 e. The number of anilines is 1. The van der Waals surface area contributed by atoms with Gasteiger partial charge in [0, 0.05) is 24.3 Å². The minimum absolute atomic E-state index is 0.207. The quantitative estimate of drug-likeness (QED) is 0.750. The monoisotopic (exact) mass is 235 g/mol. The fourth-order valence-corrected chi connectivity index (χ4v) is 1.75. The van der Waals surface area contributed by atoms with Crippen LogP contribution in [0.1, 0.15) is 13.8 Å². The van der Waals surface area contributed by atoms with Crippen LogP contribution in [-0.2, 0) is 0 Å². The molecular formula is C12H17N3O2. The second-order valence-electron chi connectivity index (χ2n) is 4.46. The van der Waals surface area contributed by atoms with E-state index in [9.17, 15) is 4.79 Å². The number of aromatic nitrogens is 1. The van der Waals surface area contributed by atoms with Gasteiger partial charge in [-0.15, -0.1) is 0 Å². The first-order valence-electron chi connectivity index (χ1n) is 5.69. The number of hydrogen-bond donors (Lipinski definition) is 3. The van der Waals surface area contributed by atoms with Crippen molar-refractivity contribution >= 4 is 16.8 Å². The first kappa shape index (κ1) is 11.7. The van der Waals surface area contributed by atoms with Crippen molar-refractivity contribution in [2.24, 2.45) is 11.7 Å². The maximum atomic E-state index is 11.0. The van der Waals surface area contributed by atoms with E-state index in [1.807, 2.05) is 12.1 Å². The normalized spacial score (nSPS) is 13.2. The molecule has 1 atom stereocenters. The molecule has 4 N–H and O–H groups in total. The average molecular weight is 235 g/mol. The molecule has 0 aliphatic rings. The van der Waals surface area contributed by atoms with Crippen LogP contribution in [0.4, 0.5) is 5.69 Å². The molecule has 0 spiro atoms. The Balaban J connectivity index is 2.26. The largest absolute Gasteiger partial charge is 0.417 e. The van der Waals surface area contributed by atoms with E-state index >= 15 is 0 Å². The summed E-state index contributed by atoms with van der Waals surface area (Å²) in [6, 6.07) is 5.73.